The van der Waals surface area contributed by atoms with E-state index in [4.69, 9.17) is 4.74 Å². The maximum Gasteiger partial charge on any atom is 0.415 e. The Hall–Kier alpha value is -3.16. The van der Waals surface area contributed by atoms with Gasteiger partial charge in [0.1, 0.15) is 11.6 Å². The lowest BCUT2D eigenvalue weighted by Crippen LogP contribution is -2.42. The van der Waals surface area contributed by atoms with Crippen molar-refractivity contribution in [3.05, 3.63) is 58.9 Å². The number of hydrogen-bond acceptors (Lipinski definition) is 5. The molecule has 0 radical (unpaired) electrons. The number of amidine groups is 1. The Morgan fingerprint density at radius 2 is 1.80 bits per heavy atom. The molecule has 2 aliphatic heterocycles. The summed E-state index contributed by atoms with van der Waals surface area (Å²) in [6, 6.07) is 6.85. The highest BCUT2D eigenvalue weighted by Gasteiger charge is 2.29. The van der Waals surface area contributed by atoms with Crippen LogP contribution in [0.4, 0.5) is 13.6 Å². The average molecular weight is 412 g/mol. The minimum Gasteiger partial charge on any atom is -0.408 e. The van der Waals surface area contributed by atoms with Crippen molar-refractivity contribution in [3.8, 4) is 5.75 Å². The smallest absolute Gasteiger partial charge is 0.408 e. The van der Waals surface area contributed by atoms with Gasteiger partial charge in [0.2, 0.25) is 0 Å². The van der Waals surface area contributed by atoms with Crippen molar-refractivity contribution in [2.45, 2.75) is 26.7 Å². The number of likely N-dealkylation sites (tertiary alicyclic amines) is 1. The Bertz CT molecular complexity index is 1020. The van der Waals surface area contributed by atoms with Gasteiger partial charge in [-0.25, -0.2) is 18.6 Å². The van der Waals surface area contributed by atoms with Crippen molar-refractivity contribution >= 4 is 17.6 Å². The van der Waals surface area contributed by atoms with Crippen LogP contribution >= 0.6 is 0 Å². The standard InChI is InChI=1S/C22H22F2N4O2/c1-13-3-4-20(14(2)26-13)30-22(29)28-7-5-15(6-8-28)19-12-25-21(27-19)16-9-17(23)11-18(24)10-16/h3-4,9-11,15H,5-8,12H2,1-2H3. The molecule has 0 spiro atoms. The van der Waals surface area contributed by atoms with Crippen LogP contribution in [0.15, 0.2) is 40.3 Å². The van der Waals surface area contributed by atoms with Gasteiger partial charge in [0.05, 0.1) is 12.2 Å². The lowest BCUT2D eigenvalue weighted by Gasteiger charge is -2.31. The molecule has 3 heterocycles. The van der Waals surface area contributed by atoms with E-state index in [9.17, 15) is 13.6 Å². The summed E-state index contributed by atoms with van der Waals surface area (Å²) in [6.07, 6.45) is 1.08. The zero-order valence-electron chi connectivity index (χ0n) is 16.9. The van der Waals surface area contributed by atoms with E-state index >= 15 is 0 Å². The van der Waals surface area contributed by atoms with Crippen molar-refractivity contribution in [2.24, 2.45) is 15.9 Å². The SMILES string of the molecule is Cc1ccc(OC(=O)N2CCC(C3=NC(c4cc(F)cc(F)c4)=NC3)CC2)c(C)n1. The summed E-state index contributed by atoms with van der Waals surface area (Å²) in [5, 5.41) is 0. The van der Waals surface area contributed by atoms with Gasteiger partial charge in [0.15, 0.2) is 11.6 Å². The van der Waals surface area contributed by atoms with E-state index < -0.39 is 11.6 Å². The number of ether oxygens (including phenoxy) is 1. The average Bonchev–Trinajstić information content (AvgIpc) is 3.20. The Labute approximate surface area is 173 Å². The molecule has 1 aromatic heterocycles. The van der Waals surface area contributed by atoms with Crippen LogP contribution < -0.4 is 4.74 Å². The molecule has 0 saturated carbocycles. The van der Waals surface area contributed by atoms with Gasteiger partial charge in [-0.05, 0) is 51.0 Å². The topological polar surface area (TPSA) is 67.2 Å². The number of nitrogens with zero attached hydrogens (tertiary/aromatic N) is 4. The monoisotopic (exact) mass is 412 g/mol. The molecule has 0 aliphatic carbocycles. The summed E-state index contributed by atoms with van der Waals surface area (Å²) in [7, 11) is 0. The number of aromatic nitrogens is 1. The molecule has 6 nitrogen and oxygen atoms in total. The quantitative estimate of drug-likeness (QED) is 0.763. The third-order valence-electron chi connectivity index (χ3n) is 5.36. The minimum atomic E-state index is -0.651. The molecule has 0 atom stereocenters. The minimum absolute atomic E-state index is 0.177. The number of benzene rings is 1. The molecule has 0 bridgehead atoms. The Kier molecular flexibility index (Phi) is 5.57. The third-order valence-corrected chi connectivity index (χ3v) is 5.36. The third kappa shape index (κ3) is 4.37. The molecule has 2 aliphatic rings. The number of carbonyl (C=O) groups is 1. The lowest BCUT2D eigenvalue weighted by molar-refractivity contribution is 0.137. The Morgan fingerprint density at radius 3 is 2.47 bits per heavy atom. The first kappa shape index (κ1) is 20.1. The van der Waals surface area contributed by atoms with Gasteiger partial charge < -0.3 is 9.64 Å². The fourth-order valence-electron chi connectivity index (χ4n) is 3.76. The van der Waals surface area contributed by atoms with Crippen LogP contribution in [0.5, 0.6) is 5.75 Å². The normalized spacial score (nSPS) is 17.0. The number of piperidine rings is 1. The maximum absolute atomic E-state index is 13.5. The highest BCUT2D eigenvalue weighted by molar-refractivity contribution is 6.12. The maximum atomic E-state index is 13.5. The van der Waals surface area contributed by atoms with Crippen LogP contribution in [-0.4, -0.2) is 47.2 Å². The largest absolute Gasteiger partial charge is 0.415 e. The van der Waals surface area contributed by atoms with E-state index in [0.717, 1.165) is 30.3 Å². The van der Waals surface area contributed by atoms with Crippen molar-refractivity contribution in [1.82, 2.24) is 9.88 Å². The Morgan fingerprint density at radius 1 is 1.10 bits per heavy atom. The van der Waals surface area contributed by atoms with Crippen LogP contribution in [0.1, 0.15) is 29.8 Å². The van der Waals surface area contributed by atoms with E-state index in [1.165, 1.54) is 12.1 Å². The van der Waals surface area contributed by atoms with Gasteiger partial charge in [0, 0.05) is 42.0 Å². The van der Waals surface area contributed by atoms with Gasteiger partial charge in [0.25, 0.3) is 0 Å². The van der Waals surface area contributed by atoms with Crippen molar-refractivity contribution in [1.29, 1.82) is 0 Å². The predicted octanol–water partition coefficient (Wildman–Crippen LogP) is 4.09. The molecule has 1 saturated heterocycles. The van der Waals surface area contributed by atoms with Crippen molar-refractivity contribution in [2.75, 3.05) is 19.6 Å². The number of pyridine rings is 1. The van der Waals surface area contributed by atoms with Crippen LogP contribution in [0, 0.1) is 31.4 Å². The van der Waals surface area contributed by atoms with Gasteiger partial charge >= 0.3 is 6.09 Å². The molecule has 2 aromatic rings. The fraction of sp³-hybridized carbons (Fsp3) is 0.364. The number of rotatable bonds is 3. The van der Waals surface area contributed by atoms with Crippen molar-refractivity contribution < 1.29 is 18.3 Å². The zero-order valence-corrected chi connectivity index (χ0v) is 16.9. The number of halogens is 2. The van der Waals surface area contributed by atoms with Gasteiger partial charge in [-0.15, -0.1) is 0 Å². The van der Waals surface area contributed by atoms with E-state index in [1.54, 1.807) is 11.0 Å². The molecule has 0 unspecified atom stereocenters. The molecule has 8 heteroatoms. The lowest BCUT2D eigenvalue weighted by atomic mass is 9.92. The number of aryl methyl sites for hydroxylation is 2. The van der Waals surface area contributed by atoms with E-state index in [2.05, 4.69) is 15.0 Å². The number of hydrogen-bond donors (Lipinski definition) is 0. The molecule has 0 N–H and O–H groups in total. The first-order valence-electron chi connectivity index (χ1n) is 9.88. The van der Waals surface area contributed by atoms with E-state index in [0.29, 0.717) is 42.5 Å². The molecular weight excluding hydrogens is 390 g/mol. The van der Waals surface area contributed by atoms with Gasteiger partial charge in [-0.3, -0.25) is 9.98 Å². The first-order valence-corrected chi connectivity index (χ1v) is 9.88. The van der Waals surface area contributed by atoms with Crippen LogP contribution in [-0.2, 0) is 0 Å². The molecular formula is C22H22F2N4O2. The highest BCUT2D eigenvalue weighted by Crippen LogP contribution is 2.24. The summed E-state index contributed by atoms with van der Waals surface area (Å²) in [5.74, 6) is -0.304. The summed E-state index contributed by atoms with van der Waals surface area (Å²) in [4.78, 5) is 27.3. The number of aliphatic imine (C=N–C) groups is 2. The predicted molar refractivity (Wildman–Crippen MR) is 109 cm³/mol. The molecule has 1 fully saturated rings. The van der Waals surface area contributed by atoms with E-state index in [1.807, 2.05) is 19.9 Å². The second kappa shape index (κ2) is 8.30. The van der Waals surface area contributed by atoms with Crippen molar-refractivity contribution in [3.63, 3.8) is 0 Å². The molecule has 1 amide bonds. The number of carbonyl (C=O) groups excluding carboxylic acids is 1. The highest BCUT2D eigenvalue weighted by atomic mass is 19.1. The summed E-state index contributed by atoms with van der Waals surface area (Å²) < 4.78 is 32.4. The molecule has 1 aromatic carbocycles. The first-order chi connectivity index (χ1) is 14.4. The van der Waals surface area contributed by atoms with Crippen LogP contribution in [0.2, 0.25) is 0 Å². The summed E-state index contributed by atoms with van der Waals surface area (Å²) >= 11 is 0. The number of amides is 1. The fourth-order valence-corrected chi connectivity index (χ4v) is 3.76. The van der Waals surface area contributed by atoms with Crippen LogP contribution in [0.25, 0.3) is 0 Å². The second-order valence-corrected chi connectivity index (χ2v) is 7.57. The second-order valence-electron chi connectivity index (χ2n) is 7.57. The summed E-state index contributed by atoms with van der Waals surface area (Å²) in [5.41, 5.74) is 2.77. The zero-order chi connectivity index (χ0) is 21.3. The van der Waals surface area contributed by atoms with Crippen LogP contribution in [0.3, 0.4) is 0 Å². The van der Waals surface area contributed by atoms with E-state index in [-0.39, 0.29) is 12.0 Å². The molecule has 30 heavy (non-hydrogen) atoms. The van der Waals surface area contributed by atoms with Gasteiger partial charge in [-0.2, -0.15) is 0 Å². The Balaban J connectivity index is 1.35. The molecule has 156 valence electrons. The summed E-state index contributed by atoms with van der Waals surface area (Å²) in [6.45, 7) is 5.20. The van der Waals surface area contributed by atoms with Gasteiger partial charge in [-0.1, -0.05) is 0 Å². The molecule has 4 rings (SSSR count).